The summed E-state index contributed by atoms with van der Waals surface area (Å²) in [5, 5.41) is 9.10. The zero-order chi connectivity index (χ0) is 14.3. The molecular weight excluding hydrogens is 259 g/mol. The van der Waals surface area contributed by atoms with E-state index in [1.165, 1.54) is 0 Å². The number of rotatable bonds is 2. The average molecular weight is 269 g/mol. The number of ether oxygens (including phenoxy) is 1. The standard InChI is InChI=1S/C13H10F3NO2/c1-19-11(18)9-3-2-8(13(14,15)16)6-10(9)12(7-17)4-5-12/h2-3,6H,4-5H2,1H3. The van der Waals surface area contributed by atoms with E-state index < -0.39 is 23.1 Å². The van der Waals surface area contributed by atoms with Crippen molar-refractivity contribution >= 4 is 5.97 Å². The molecule has 0 unspecified atom stereocenters. The molecule has 1 aromatic carbocycles. The second-order valence-electron chi connectivity index (χ2n) is 4.44. The van der Waals surface area contributed by atoms with E-state index in [4.69, 9.17) is 5.26 Å². The maximum absolute atomic E-state index is 12.7. The van der Waals surface area contributed by atoms with E-state index in [0.29, 0.717) is 12.8 Å². The van der Waals surface area contributed by atoms with Gasteiger partial charge in [-0.25, -0.2) is 4.79 Å². The highest BCUT2D eigenvalue weighted by molar-refractivity contribution is 5.92. The second kappa shape index (κ2) is 4.26. The molecule has 1 aliphatic carbocycles. The number of hydrogen-bond donors (Lipinski definition) is 0. The van der Waals surface area contributed by atoms with Crippen LogP contribution >= 0.6 is 0 Å². The van der Waals surface area contributed by atoms with Gasteiger partial charge < -0.3 is 4.74 Å². The normalized spacial score (nSPS) is 16.6. The van der Waals surface area contributed by atoms with Crippen molar-refractivity contribution in [2.24, 2.45) is 0 Å². The zero-order valence-electron chi connectivity index (χ0n) is 10.0. The van der Waals surface area contributed by atoms with Gasteiger partial charge in [0.05, 0.1) is 29.7 Å². The number of methoxy groups -OCH3 is 1. The van der Waals surface area contributed by atoms with Crippen LogP contribution in [0.4, 0.5) is 13.2 Å². The topological polar surface area (TPSA) is 50.1 Å². The van der Waals surface area contributed by atoms with Crippen molar-refractivity contribution in [3.05, 3.63) is 34.9 Å². The number of nitriles is 1. The number of hydrogen-bond acceptors (Lipinski definition) is 3. The number of esters is 1. The van der Waals surface area contributed by atoms with Crippen LogP contribution in [-0.4, -0.2) is 13.1 Å². The van der Waals surface area contributed by atoms with Gasteiger partial charge >= 0.3 is 12.1 Å². The van der Waals surface area contributed by atoms with Crippen molar-refractivity contribution < 1.29 is 22.7 Å². The third kappa shape index (κ3) is 2.28. The van der Waals surface area contributed by atoms with Gasteiger partial charge in [0.2, 0.25) is 0 Å². The fourth-order valence-electron chi connectivity index (χ4n) is 1.97. The molecule has 2 rings (SSSR count). The Hall–Kier alpha value is -2.03. The Balaban J connectivity index is 2.59. The molecule has 0 heterocycles. The predicted octanol–water partition coefficient (Wildman–Crippen LogP) is 3.05. The average Bonchev–Trinajstić information content (AvgIpc) is 3.17. The Morgan fingerprint density at radius 2 is 2.05 bits per heavy atom. The van der Waals surface area contributed by atoms with E-state index >= 15 is 0 Å². The summed E-state index contributed by atoms with van der Waals surface area (Å²) in [6.45, 7) is 0. The highest BCUT2D eigenvalue weighted by atomic mass is 19.4. The van der Waals surface area contributed by atoms with Crippen LogP contribution in [-0.2, 0) is 16.3 Å². The van der Waals surface area contributed by atoms with Gasteiger partial charge in [-0.3, -0.25) is 0 Å². The van der Waals surface area contributed by atoms with Gasteiger partial charge in [-0.05, 0) is 36.6 Å². The Labute approximate surface area is 107 Å². The molecule has 0 N–H and O–H groups in total. The van der Waals surface area contributed by atoms with E-state index in [0.717, 1.165) is 25.3 Å². The molecule has 0 radical (unpaired) electrons. The van der Waals surface area contributed by atoms with E-state index in [9.17, 15) is 18.0 Å². The number of carbonyl (C=O) groups is 1. The van der Waals surface area contributed by atoms with Gasteiger partial charge in [0.15, 0.2) is 0 Å². The number of halogens is 3. The fraction of sp³-hybridized carbons (Fsp3) is 0.385. The lowest BCUT2D eigenvalue weighted by Gasteiger charge is -2.15. The molecule has 1 aliphatic rings. The molecule has 3 nitrogen and oxygen atoms in total. The van der Waals surface area contributed by atoms with Gasteiger partial charge in [-0.2, -0.15) is 18.4 Å². The van der Waals surface area contributed by atoms with Crippen molar-refractivity contribution in [3.63, 3.8) is 0 Å². The minimum absolute atomic E-state index is 0.0227. The zero-order valence-corrected chi connectivity index (χ0v) is 10.0. The van der Waals surface area contributed by atoms with Gasteiger partial charge in [-0.15, -0.1) is 0 Å². The molecule has 1 fully saturated rings. The SMILES string of the molecule is COC(=O)c1ccc(C(F)(F)F)cc1C1(C#N)CC1. The lowest BCUT2D eigenvalue weighted by molar-refractivity contribution is -0.137. The lowest BCUT2D eigenvalue weighted by atomic mass is 9.90. The van der Waals surface area contributed by atoms with Gasteiger partial charge in [0, 0.05) is 0 Å². The highest BCUT2D eigenvalue weighted by Gasteiger charge is 2.48. The first-order chi connectivity index (χ1) is 8.84. The molecule has 0 aliphatic heterocycles. The maximum Gasteiger partial charge on any atom is 0.416 e. The second-order valence-corrected chi connectivity index (χ2v) is 4.44. The summed E-state index contributed by atoms with van der Waals surface area (Å²) in [7, 11) is 1.15. The first-order valence-electron chi connectivity index (χ1n) is 5.55. The van der Waals surface area contributed by atoms with Crippen LogP contribution in [0.5, 0.6) is 0 Å². The van der Waals surface area contributed by atoms with Gasteiger partial charge in [0.25, 0.3) is 0 Å². The summed E-state index contributed by atoms with van der Waals surface area (Å²) in [5.74, 6) is -0.731. The molecule has 0 saturated heterocycles. The smallest absolute Gasteiger partial charge is 0.416 e. The molecule has 0 amide bonds. The summed E-state index contributed by atoms with van der Waals surface area (Å²) in [6.07, 6.45) is -3.60. The summed E-state index contributed by atoms with van der Waals surface area (Å²) in [4.78, 5) is 11.6. The van der Waals surface area contributed by atoms with Crippen molar-refractivity contribution in [1.29, 1.82) is 5.26 Å². The molecule has 0 atom stereocenters. The van der Waals surface area contributed by atoms with Crippen LogP contribution in [0, 0.1) is 11.3 Å². The minimum atomic E-state index is -4.51. The van der Waals surface area contributed by atoms with Gasteiger partial charge in [0.1, 0.15) is 0 Å². The fourth-order valence-corrected chi connectivity index (χ4v) is 1.97. The Kier molecular flexibility index (Phi) is 3.01. The number of nitrogens with zero attached hydrogens (tertiary/aromatic N) is 1. The van der Waals surface area contributed by atoms with Crippen LogP contribution < -0.4 is 0 Å². The monoisotopic (exact) mass is 269 g/mol. The molecule has 0 bridgehead atoms. The van der Waals surface area contributed by atoms with E-state index in [2.05, 4.69) is 4.74 Å². The number of carbonyl (C=O) groups excluding carboxylic acids is 1. The quantitative estimate of drug-likeness (QED) is 0.775. The first-order valence-corrected chi connectivity index (χ1v) is 5.55. The van der Waals surface area contributed by atoms with Crippen molar-refractivity contribution in [1.82, 2.24) is 0 Å². The van der Waals surface area contributed by atoms with Crippen LogP contribution in [0.3, 0.4) is 0 Å². The van der Waals surface area contributed by atoms with Crippen molar-refractivity contribution in [2.45, 2.75) is 24.4 Å². The maximum atomic E-state index is 12.7. The Bertz CT molecular complexity index is 568. The third-order valence-corrected chi connectivity index (χ3v) is 3.23. The van der Waals surface area contributed by atoms with Crippen molar-refractivity contribution in [3.8, 4) is 6.07 Å². The molecular formula is C13H10F3NO2. The van der Waals surface area contributed by atoms with Gasteiger partial charge in [-0.1, -0.05) is 0 Å². The summed E-state index contributed by atoms with van der Waals surface area (Å²) >= 11 is 0. The molecule has 6 heteroatoms. The number of alkyl halides is 3. The molecule has 0 aromatic heterocycles. The molecule has 100 valence electrons. The Morgan fingerprint density at radius 1 is 1.42 bits per heavy atom. The van der Waals surface area contributed by atoms with E-state index in [1.54, 1.807) is 0 Å². The summed E-state index contributed by atoms with van der Waals surface area (Å²) < 4.78 is 42.6. The van der Waals surface area contributed by atoms with Crippen LogP contribution in [0.1, 0.15) is 34.3 Å². The minimum Gasteiger partial charge on any atom is -0.465 e. The van der Waals surface area contributed by atoms with Crippen LogP contribution in [0.2, 0.25) is 0 Å². The molecule has 1 saturated carbocycles. The molecule has 0 spiro atoms. The third-order valence-electron chi connectivity index (χ3n) is 3.23. The lowest BCUT2D eigenvalue weighted by Crippen LogP contribution is -2.15. The van der Waals surface area contributed by atoms with Crippen molar-refractivity contribution in [2.75, 3.05) is 7.11 Å². The first kappa shape index (κ1) is 13.4. The summed E-state index contributed by atoms with van der Waals surface area (Å²) in [6, 6.07) is 4.76. The van der Waals surface area contributed by atoms with Crippen LogP contribution in [0.25, 0.3) is 0 Å². The number of benzene rings is 1. The molecule has 19 heavy (non-hydrogen) atoms. The largest absolute Gasteiger partial charge is 0.465 e. The van der Waals surface area contributed by atoms with Crippen LogP contribution in [0.15, 0.2) is 18.2 Å². The molecule has 1 aromatic rings. The van der Waals surface area contributed by atoms with E-state index in [-0.39, 0.29) is 11.1 Å². The highest BCUT2D eigenvalue weighted by Crippen LogP contribution is 2.49. The Morgan fingerprint density at radius 3 is 2.47 bits per heavy atom. The summed E-state index contributed by atoms with van der Waals surface area (Å²) in [5.41, 5.74) is -1.71. The predicted molar refractivity (Wildman–Crippen MR) is 59.3 cm³/mol. The van der Waals surface area contributed by atoms with E-state index in [1.807, 2.05) is 6.07 Å².